The van der Waals surface area contributed by atoms with Gasteiger partial charge in [-0.25, -0.2) is 9.67 Å². The van der Waals surface area contributed by atoms with Gasteiger partial charge in [0.25, 0.3) is 5.91 Å². The lowest BCUT2D eigenvalue weighted by atomic mass is 10.0. The minimum absolute atomic E-state index is 0.0336. The minimum atomic E-state index is -0.225. The molecule has 0 bridgehead atoms. The lowest BCUT2D eigenvalue weighted by molar-refractivity contribution is 0.0932. The molecule has 1 saturated heterocycles. The molecule has 2 aromatic heterocycles. The van der Waals surface area contributed by atoms with Crippen LogP contribution in [0, 0.1) is 6.92 Å². The lowest BCUT2D eigenvalue weighted by Gasteiger charge is -2.34. The topological polar surface area (TPSA) is 72.3 Å². The van der Waals surface area contributed by atoms with Crippen molar-refractivity contribution in [2.45, 2.75) is 71.9 Å². The first kappa shape index (κ1) is 24.0. The van der Waals surface area contributed by atoms with Crippen LogP contribution in [-0.2, 0) is 5.54 Å². The number of ether oxygens (including phenoxy) is 1. The molecule has 7 heteroatoms. The molecule has 0 saturated carbocycles. The number of benzene rings is 1. The molecule has 7 nitrogen and oxygen atoms in total. The van der Waals surface area contributed by atoms with Crippen LogP contribution in [0.1, 0.15) is 75.1 Å². The number of fused-ring (bicyclic) bond motifs is 1. The first-order valence-electron chi connectivity index (χ1n) is 12.2. The van der Waals surface area contributed by atoms with Gasteiger partial charge in [-0.3, -0.25) is 4.79 Å². The Hall–Kier alpha value is -3.09. The monoisotopic (exact) mass is 463 g/mol. The summed E-state index contributed by atoms with van der Waals surface area (Å²) >= 11 is 0. The standard InChI is InChI=1S/C27H37N5O2/c1-17(2)23-16-22(24-18(3)30-32(25(24)29-23)27(4,5)6)26(33)28-19-12-14-31(15-13-19)20-8-10-21(34-7)11-9-20/h8-11,16-17,19H,12-15H2,1-7H3,(H,28,33). The molecular weight excluding hydrogens is 426 g/mol. The van der Waals surface area contributed by atoms with Crippen LogP contribution < -0.4 is 15.0 Å². The number of amides is 1. The van der Waals surface area contributed by atoms with Gasteiger partial charge in [-0.1, -0.05) is 13.8 Å². The Morgan fingerprint density at radius 1 is 1.15 bits per heavy atom. The molecule has 0 aliphatic carbocycles. The van der Waals surface area contributed by atoms with E-state index in [0.717, 1.165) is 54.1 Å². The molecule has 0 spiro atoms. The van der Waals surface area contributed by atoms with Crippen LogP contribution in [-0.4, -0.2) is 46.9 Å². The molecule has 1 aromatic carbocycles. The fourth-order valence-corrected chi connectivity index (χ4v) is 4.59. The number of nitrogens with one attached hydrogen (secondary N) is 1. The van der Waals surface area contributed by atoms with Gasteiger partial charge >= 0.3 is 0 Å². The normalized spacial score (nSPS) is 15.2. The highest BCUT2D eigenvalue weighted by molar-refractivity contribution is 6.06. The summed E-state index contributed by atoms with van der Waals surface area (Å²) in [6.45, 7) is 14.3. The molecule has 1 amide bonds. The summed E-state index contributed by atoms with van der Waals surface area (Å²) in [5.74, 6) is 1.04. The predicted octanol–water partition coefficient (Wildman–Crippen LogP) is 5.03. The smallest absolute Gasteiger partial charge is 0.252 e. The summed E-state index contributed by atoms with van der Waals surface area (Å²) in [7, 11) is 1.68. The molecule has 34 heavy (non-hydrogen) atoms. The third-order valence-corrected chi connectivity index (χ3v) is 6.57. The Morgan fingerprint density at radius 2 is 1.79 bits per heavy atom. The quantitative estimate of drug-likeness (QED) is 0.575. The summed E-state index contributed by atoms with van der Waals surface area (Å²) in [6, 6.07) is 10.3. The molecule has 3 aromatic rings. The van der Waals surface area contributed by atoms with E-state index in [0.29, 0.717) is 5.56 Å². The molecule has 4 rings (SSSR count). The van der Waals surface area contributed by atoms with Crippen LogP contribution in [0.15, 0.2) is 30.3 Å². The number of aromatic nitrogens is 3. The number of carbonyl (C=O) groups is 1. The van der Waals surface area contributed by atoms with E-state index in [-0.39, 0.29) is 23.4 Å². The van der Waals surface area contributed by atoms with Crippen molar-refractivity contribution in [3.63, 3.8) is 0 Å². The van der Waals surface area contributed by atoms with Gasteiger partial charge in [0.05, 0.1) is 29.3 Å². The predicted molar refractivity (Wildman–Crippen MR) is 137 cm³/mol. The summed E-state index contributed by atoms with van der Waals surface area (Å²) in [6.07, 6.45) is 1.81. The van der Waals surface area contributed by atoms with Gasteiger partial charge in [0, 0.05) is 30.5 Å². The number of anilines is 1. The second-order valence-electron chi connectivity index (χ2n) is 10.5. The van der Waals surface area contributed by atoms with E-state index in [4.69, 9.17) is 14.8 Å². The first-order chi connectivity index (χ1) is 16.1. The number of hydrogen-bond acceptors (Lipinski definition) is 5. The summed E-state index contributed by atoms with van der Waals surface area (Å²) < 4.78 is 7.22. The maximum atomic E-state index is 13.5. The van der Waals surface area contributed by atoms with E-state index in [2.05, 4.69) is 57.0 Å². The van der Waals surface area contributed by atoms with Gasteiger partial charge in [0.2, 0.25) is 0 Å². The van der Waals surface area contributed by atoms with E-state index in [9.17, 15) is 4.79 Å². The highest BCUT2D eigenvalue weighted by atomic mass is 16.5. The highest BCUT2D eigenvalue weighted by Crippen LogP contribution is 2.29. The maximum absolute atomic E-state index is 13.5. The van der Waals surface area contributed by atoms with Crippen LogP contribution in [0.2, 0.25) is 0 Å². The fraction of sp³-hybridized carbons (Fsp3) is 0.519. The van der Waals surface area contributed by atoms with E-state index in [1.165, 1.54) is 5.69 Å². The zero-order valence-corrected chi connectivity index (χ0v) is 21.5. The average molecular weight is 464 g/mol. The average Bonchev–Trinajstić information content (AvgIpc) is 3.16. The van der Waals surface area contributed by atoms with Crippen molar-refractivity contribution in [1.82, 2.24) is 20.1 Å². The minimum Gasteiger partial charge on any atom is -0.497 e. The fourth-order valence-electron chi connectivity index (χ4n) is 4.59. The number of pyridine rings is 1. The maximum Gasteiger partial charge on any atom is 0.252 e. The Morgan fingerprint density at radius 3 is 2.35 bits per heavy atom. The molecule has 0 atom stereocenters. The van der Waals surface area contributed by atoms with E-state index in [1.54, 1.807) is 7.11 Å². The van der Waals surface area contributed by atoms with Gasteiger partial charge in [0.1, 0.15) is 5.75 Å². The molecule has 1 N–H and O–H groups in total. The number of aryl methyl sites for hydroxylation is 1. The zero-order chi connectivity index (χ0) is 24.6. The molecular formula is C27H37N5O2. The van der Waals surface area contributed by atoms with Crippen molar-refractivity contribution in [2.24, 2.45) is 0 Å². The van der Waals surface area contributed by atoms with Crippen LogP contribution in [0.4, 0.5) is 5.69 Å². The Balaban J connectivity index is 1.54. The molecule has 0 unspecified atom stereocenters. The van der Waals surface area contributed by atoms with E-state index < -0.39 is 0 Å². The second kappa shape index (κ2) is 9.28. The van der Waals surface area contributed by atoms with Crippen molar-refractivity contribution in [1.29, 1.82) is 0 Å². The van der Waals surface area contributed by atoms with Crippen molar-refractivity contribution < 1.29 is 9.53 Å². The third-order valence-electron chi connectivity index (χ3n) is 6.57. The van der Waals surface area contributed by atoms with Crippen molar-refractivity contribution in [3.8, 4) is 5.75 Å². The van der Waals surface area contributed by atoms with Gasteiger partial charge in [-0.05, 0) is 76.8 Å². The van der Waals surface area contributed by atoms with Gasteiger partial charge in [0.15, 0.2) is 5.65 Å². The first-order valence-corrected chi connectivity index (χ1v) is 12.2. The van der Waals surface area contributed by atoms with Gasteiger partial charge in [-0.15, -0.1) is 0 Å². The van der Waals surface area contributed by atoms with E-state index in [1.807, 2.05) is 29.8 Å². The molecule has 1 fully saturated rings. The second-order valence-corrected chi connectivity index (χ2v) is 10.5. The molecule has 3 heterocycles. The Bertz CT molecular complexity index is 1170. The number of rotatable bonds is 5. The van der Waals surface area contributed by atoms with Crippen LogP contribution in [0.3, 0.4) is 0 Å². The molecule has 182 valence electrons. The van der Waals surface area contributed by atoms with Crippen molar-refractivity contribution in [2.75, 3.05) is 25.1 Å². The number of hydrogen-bond donors (Lipinski definition) is 1. The van der Waals surface area contributed by atoms with Gasteiger partial charge < -0.3 is 15.0 Å². The molecule has 1 aliphatic heterocycles. The largest absolute Gasteiger partial charge is 0.497 e. The molecule has 0 radical (unpaired) electrons. The lowest BCUT2D eigenvalue weighted by Crippen LogP contribution is -2.44. The van der Waals surface area contributed by atoms with Gasteiger partial charge in [-0.2, -0.15) is 5.10 Å². The number of methoxy groups -OCH3 is 1. The van der Waals surface area contributed by atoms with Crippen LogP contribution in [0.5, 0.6) is 5.75 Å². The van der Waals surface area contributed by atoms with E-state index >= 15 is 0 Å². The number of nitrogens with zero attached hydrogens (tertiary/aromatic N) is 4. The van der Waals surface area contributed by atoms with Crippen LogP contribution in [0.25, 0.3) is 11.0 Å². The SMILES string of the molecule is COc1ccc(N2CCC(NC(=O)c3cc(C(C)C)nc4c3c(C)nn4C(C)(C)C)CC2)cc1. The third kappa shape index (κ3) is 4.74. The summed E-state index contributed by atoms with van der Waals surface area (Å²) in [5.41, 5.74) is 4.18. The Kier molecular flexibility index (Phi) is 6.56. The van der Waals surface area contributed by atoms with Crippen molar-refractivity contribution >= 4 is 22.6 Å². The summed E-state index contributed by atoms with van der Waals surface area (Å²) in [5, 5.41) is 8.93. The molecule has 1 aliphatic rings. The highest BCUT2D eigenvalue weighted by Gasteiger charge is 2.27. The number of piperidine rings is 1. The zero-order valence-electron chi connectivity index (χ0n) is 21.5. The number of carbonyl (C=O) groups excluding carboxylic acids is 1. The van der Waals surface area contributed by atoms with Crippen molar-refractivity contribution in [3.05, 3.63) is 47.3 Å². The summed E-state index contributed by atoms with van der Waals surface area (Å²) in [4.78, 5) is 20.8. The van der Waals surface area contributed by atoms with Crippen LogP contribution >= 0.6 is 0 Å². The Labute approximate surface area is 202 Å².